The van der Waals surface area contributed by atoms with Crippen LogP contribution >= 0.6 is 23.5 Å². The highest BCUT2D eigenvalue weighted by molar-refractivity contribution is 8.01. The van der Waals surface area contributed by atoms with Gasteiger partial charge in [0.05, 0.1) is 5.56 Å². The van der Waals surface area contributed by atoms with Crippen LogP contribution in [-0.2, 0) is 6.18 Å². The van der Waals surface area contributed by atoms with Crippen LogP contribution in [0.3, 0.4) is 0 Å². The highest BCUT2D eigenvalue weighted by Crippen LogP contribution is 2.35. The fourth-order valence-electron chi connectivity index (χ4n) is 1.01. The van der Waals surface area contributed by atoms with Gasteiger partial charge in [0.25, 0.3) is 0 Å². The Morgan fingerprint density at radius 2 is 1.57 bits per heavy atom. The van der Waals surface area contributed by atoms with Crippen LogP contribution in [0.5, 0.6) is 0 Å². The number of hydrogen-bond acceptors (Lipinski definition) is 2. The van der Waals surface area contributed by atoms with Gasteiger partial charge in [0.15, 0.2) is 0 Å². The number of halogens is 3. The van der Waals surface area contributed by atoms with Crippen molar-refractivity contribution in [3.05, 3.63) is 23.8 Å². The molecule has 0 spiro atoms. The average molecular weight is 238 g/mol. The minimum Gasteiger partial charge on any atom is -0.166 e. The van der Waals surface area contributed by atoms with E-state index in [1.807, 2.05) is 6.26 Å². The normalized spacial score (nSPS) is 11.8. The second kappa shape index (κ2) is 4.49. The van der Waals surface area contributed by atoms with Gasteiger partial charge in [-0.25, -0.2) is 0 Å². The molecule has 0 aliphatic heterocycles. The zero-order valence-electron chi connectivity index (χ0n) is 7.68. The largest absolute Gasteiger partial charge is 0.416 e. The summed E-state index contributed by atoms with van der Waals surface area (Å²) in [6.45, 7) is 0. The van der Waals surface area contributed by atoms with E-state index in [-0.39, 0.29) is 0 Å². The summed E-state index contributed by atoms with van der Waals surface area (Å²) in [4.78, 5) is 1.55. The number of alkyl halides is 3. The minimum atomic E-state index is -4.25. The van der Waals surface area contributed by atoms with E-state index in [9.17, 15) is 13.2 Å². The second-order valence-corrected chi connectivity index (χ2v) is 4.26. The molecule has 5 heteroatoms. The van der Waals surface area contributed by atoms with E-state index in [2.05, 4.69) is 0 Å². The molecule has 1 aromatic carbocycles. The molecule has 0 saturated heterocycles. The Bertz CT molecular complexity index is 320. The summed E-state index contributed by atoms with van der Waals surface area (Å²) >= 11 is 2.78. The van der Waals surface area contributed by atoms with E-state index in [1.165, 1.54) is 35.7 Å². The molecule has 0 nitrogen and oxygen atoms in total. The minimum absolute atomic E-state index is 0.584. The topological polar surface area (TPSA) is 0 Å². The van der Waals surface area contributed by atoms with E-state index < -0.39 is 11.7 Å². The molecule has 0 aromatic heterocycles. The zero-order valence-corrected chi connectivity index (χ0v) is 9.32. The monoisotopic (exact) mass is 238 g/mol. The molecule has 0 unspecified atom stereocenters. The summed E-state index contributed by atoms with van der Waals surface area (Å²) < 4.78 is 37.0. The lowest BCUT2D eigenvalue weighted by atomic mass is 10.2. The Morgan fingerprint density at radius 3 is 2.00 bits per heavy atom. The molecule has 0 fully saturated rings. The molecule has 14 heavy (non-hydrogen) atoms. The van der Waals surface area contributed by atoms with E-state index in [4.69, 9.17) is 0 Å². The molecule has 0 aliphatic rings. The van der Waals surface area contributed by atoms with Gasteiger partial charge in [-0.05, 0) is 30.7 Å². The maximum absolute atomic E-state index is 12.3. The average Bonchev–Trinajstić information content (AvgIpc) is 2.15. The van der Waals surface area contributed by atoms with Gasteiger partial charge in [0, 0.05) is 9.79 Å². The third-order valence-corrected chi connectivity index (χ3v) is 3.41. The fourth-order valence-corrected chi connectivity index (χ4v) is 2.49. The quantitative estimate of drug-likeness (QED) is 0.710. The lowest BCUT2D eigenvalue weighted by molar-refractivity contribution is -0.137. The summed E-state index contributed by atoms with van der Waals surface area (Å²) in [5.74, 6) is 0. The van der Waals surface area contributed by atoms with Gasteiger partial charge in [0.2, 0.25) is 0 Å². The number of thioether (sulfide) groups is 2. The first-order valence-electron chi connectivity index (χ1n) is 3.78. The molecule has 0 atom stereocenters. The lowest BCUT2D eigenvalue weighted by Crippen LogP contribution is -2.04. The molecule has 0 radical (unpaired) electrons. The molecule has 78 valence electrons. The molecule has 0 N–H and O–H groups in total. The van der Waals surface area contributed by atoms with Crippen LogP contribution in [0.1, 0.15) is 5.56 Å². The van der Waals surface area contributed by atoms with Crippen molar-refractivity contribution in [3.63, 3.8) is 0 Å². The first kappa shape index (κ1) is 11.8. The lowest BCUT2D eigenvalue weighted by Gasteiger charge is -2.10. The third-order valence-electron chi connectivity index (χ3n) is 1.71. The molecule has 0 bridgehead atoms. The maximum Gasteiger partial charge on any atom is 0.416 e. The number of rotatable bonds is 2. The van der Waals surface area contributed by atoms with Crippen LogP contribution in [0.25, 0.3) is 0 Å². The predicted molar refractivity (Wildman–Crippen MR) is 55.0 cm³/mol. The highest BCUT2D eigenvalue weighted by atomic mass is 32.2. The van der Waals surface area contributed by atoms with E-state index in [0.29, 0.717) is 4.90 Å². The standard InChI is InChI=1S/C9H9F3S2/c1-13-7-4-3-6(9(10,11)12)5-8(7)14-2/h3-5H,1-2H3. The van der Waals surface area contributed by atoms with Crippen LogP contribution in [0, 0.1) is 0 Å². The Morgan fingerprint density at radius 1 is 1.00 bits per heavy atom. The molecular formula is C9H9F3S2. The van der Waals surface area contributed by atoms with Crippen LogP contribution in [0.2, 0.25) is 0 Å². The smallest absolute Gasteiger partial charge is 0.166 e. The van der Waals surface area contributed by atoms with Crippen LogP contribution < -0.4 is 0 Å². The van der Waals surface area contributed by atoms with Gasteiger partial charge in [-0.2, -0.15) is 13.2 Å². The number of benzene rings is 1. The fraction of sp³-hybridized carbons (Fsp3) is 0.333. The van der Waals surface area contributed by atoms with Gasteiger partial charge in [-0.3, -0.25) is 0 Å². The van der Waals surface area contributed by atoms with Crippen LogP contribution in [-0.4, -0.2) is 12.5 Å². The van der Waals surface area contributed by atoms with Crippen molar-refractivity contribution in [3.8, 4) is 0 Å². The first-order chi connectivity index (χ1) is 6.49. The Kier molecular flexibility index (Phi) is 3.78. The van der Waals surface area contributed by atoms with E-state index in [0.717, 1.165) is 11.0 Å². The Hall–Kier alpha value is -0.290. The van der Waals surface area contributed by atoms with Gasteiger partial charge in [0.1, 0.15) is 0 Å². The summed E-state index contributed by atoms with van der Waals surface area (Å²) in [6, 6.07) is 3.82. The number of hydrogen-bond donors (Lipinski definition) is 0. The molecule has 1 rings (SSSR count). The van der Waals surface area contributed by atoms with Crippen molar-refractivity contribution in [1.29, 1.82) is 0 Å². The highest BCUT2D eigenvalue weighted by Gasteiger charge is 2.30. The SMILES string of the molecule is CSc1ccc(C(F)(F)F)cc1SC. The summed E-state index contributed by atoms with van der Waals surface area (Å²) in [5, 5.41) is 0. The molecule has 0 amide bonds. The van der Waals surface area contributed by atoms with Crippen LogP contribution in [0.15, 0.2) is 28.0 Å². The van der Waals surface area contributed by atoms with Gasteiger partial charge < -0.3 is 0 Å². The van der Waals surface area contributed by atoms with Crippen molar-refractivity contribution < 1.29 is 13.2 Å². The van der Waals surface area contributed by atoms with E-state index >= 15 is 0 Å². The Labute approximate surface area is 89.3 Å². The van der Waals surface area contributed by atoms with Gasteiger partial charge in [-0.1, -0.05) is 0 Å². The maximum atomic E-state index is 12.3. The molecule has 0 heterocycles. The molecule has 1 aromatic rings. The summed E-state index contributed by atoms with van der Waals surface area (Å²) in [7, 11) is 0. The summed E-state index contributed by atoms with van der Waals surface area (Å²) in [5.41, 5.74) is -0.584. The summed E-state index contributed by atoms with van der Waals surface area (Å²) in [6.07, 6.45) is -0.626. The van der Waals surface area contributed by atoms with Crippen molar-refractivity contribution in [1.82, 2.24) is 0 Å². The van der Waals surface area contributed by atoms with Gasteiger partial charge in [-0.15, -0.1) is 23.5 Å². The van der Waals surface area contributed by atoms with Crippen LogP contribution in [0.4, 0.5) is 13.2 Å². The first-order valence-corrected chi connectivity index (χ1v) is 6.23. The zero-order chi connectivity index (χ0) is 10.8. The van der Waals surface area contributed by atoms with Crippen molar-refractivity contribution in [2.24, 2.45) is 0 Å². The van der Waals surface area contributed by atoms with Crippen molar-refractivity contribution in [2.45, 2.75) is 16.0 Å². The second-order valence-electron chi connectivity index (χ2n) is 2.57. The van der Waals surface area contributed by atoms with E-state index in [1.54, 1.807) is 6.26 Å². The molecule has 0 aliphatic carbocycles. The van der Waals surface area contributed by atoms with Crippen molar-refractivity contribution in [2.75, 3.05) is 12.5 Å². The predicted octanol–water partition coefficient (Wildman–Crippen LogP) is 4.15. The van der Waals surface area contributed by atoms with Gasteiger partial charge >= 0.3 is 6.18 Å². The third kappa shape index (κ3) is 2.60. The molecular weight excluding hydrogens is 229 g/mol. The van der Waals surface area contributed by atoms with Crippen molar-refractivity contribution >= 4 is 23.5 Å². The Balaban J connectivity index is 3.14. The molecule has 0 saturated carbocycles.